The maximum Gasteiger partial charge on any atom is 0.255 e. The molecule has 0 saturated heterocycles. The summed E-state index contributed by atoms with van der Waals surface area (Å²) in [5, 5.41) is 21.1. The number of nitrogens with one attached hydrogen (secondary N) is 2. The van der Waals surface area contributed by atoms with Gasteiger partial charge in [-0.1, -0.05) is 12.1 Å². The predicted molar refractivity (Wildman–Crippen MR) is 110 cm³/mol. The van der Waals surface area contributed by atoms with Gasteiger partial charge in [0.2, 0.25) is 0 Å². The van der Waals surface area contributed by atoms with E-state index in [1.54, 1.807) is 18.0 Å². The maximum absolute atomic E-state index is 12.5. The highest BCUT2D eigenvalue weighted by Gasteiger charge is 2.11. The molecule has 4 aromatic rings. The lowest BCUT2D eigenvalue weighted by molar-refractivity contribution is 0.102. The normalized spacial score (nSPS) is 10.8. The van der Waals surface area contributed by atoms with Crippen molar-refractivity contribution in [3.63, 3.8) is 0 Å². The summed E-state index contributed by atoms with van der Waals surface area (Å²) in [5.41, 5.74) is 2.80. The number of carbonyl (C=O) groups is 1. The third-order valence-electron chi connectivity index (χ3n) is 4.21. The lowest BCUT2D eigenvalue weighted by atomic mass is 10.1. The summed E-state index contributed by atoms with van der Waals surface area (Å²) in [6, 6.07) is 12.1. The number of benzene rings is 2. The van der Waals surface area contributed by atoms with Crippen LogP contribution in [0.3, 0.4) is 0 Å². The van der Waals surface area contributed by atoms with Crippen molar-refractivity contribution in [2.75, 3.05) is 12.4 Å². The Labute approximate surface area is 170 Å². The van der Waals surface area contributed by atoms with E-state index >= 15 is 0 Å². The van der Waals surface area contributed by atoms with Crippen molar-refractivity contribution in [3.8, 4) is 11.5 Å². The molecule has 0 radical (unpaired) electrons. The van der Waals surface area contributed by atoms with E-state index in [0.717, 1.165) is 16.0 Å². The molecule has 2 aromatic heterocycles. The third kappa shape index (κ3) is 4.14. The van der Waals surface area contributed by atoms with E-state index in [4.69, 9.17) is 4.74 Å². The summed E-state index contributed by atoms with van der Waals surface area (Å²) < 4.78 is 5.05. The molecule has 0 atom stereocenters. The summed E-state index contributed by atoms with van der Waals surface area (Å²) in [4.78, 5) is 21.0. The molecule has 0 aliphatic rings. The van der Waals surface area contributed by atoms with Gasteiger partial charge in [0.05, 0.1) is 18.7 Å². The largest absolute Gasteiger partial charge is 0.504 e. The molecular formula is C20H17N5O3S. The van der Waals surface area contributed by atoms with E-state index in [2.05, 4.69) is 25.5 Å². The minimum atomic E-state index is -0.288. The van der Waals surface area contributed by atoms with Gasteiger partial charge in [-0.25, -0.2) is 9.97 Å². The number of hydrogen-bond acceptors (Lipinski definition) is 7. The van der Waals surface area contributed by atoms with Crippen LogP contribution in [0.25, 0.3) is 11.0 Å². The monoisotopic (exact) mass is 407 g/mol. The Balaban J connectivity index is 1.46. The first-order chi connectivity index (χ1) is 14.1. The van der Waals surface area contributed by atoms with Crippen LogP contribution in [0.4, 0.5) is 5.69 Å². The van der Waals surface area contributed by atoms with Crippen molar-refractivity contribution < 1.29 is 14.6 Å². The number of methoxy groups -OCH3 is 1. The number of H-pyrrole nitrogens is 1. The lowest BCUT2D eigenvalue weighted by Gasteiger charge is -2.09. The Bertz CT molecular complexity index is 1180. The molecular weight excluding hydrogens is 390 g/mol. The van der Waals surface area contributed by atoms with Gasteiger partial charge >= 0.3 is 0 Å². The number of fused-ring (bicyclic) bond motifs is 1. The van der Waals surface area contributed by atoms with Crippen LogP contribution >= 0.6 is 11.8 Å². The Morgan fingerprint density at radius 1 is 1.24 bits per heavy atom. The Kier molecular flexibility index (Phi) is 5.30. The Morgan fingerprint density at radius 3 is 3.00 bits per heavy atom. The molecule has 0 bridgehead atoms. The quantitative estimate of drug-likeness (QED) is 0.330. The first-order valence-electron chi connectivity index (χ1n) is 8.68. The van der Waals surface area contributed by atoms with E-state index in [1.807, 2.05) is 24.3 Å². The second-order valence-electron chi connectivity index (χ2n) is 6.14. The van der Waals surface area contributed by atoms with Crippen molar-refractivity contribution in [3.05, 3.63) is 66.1 Å². The molecule has 29 heavy (non-hydrogen) atoms. The zero-order chi connectivity index (χ0) is 20.2. The van der Waals surface area contributed by atoms with E-state index < -0.39 is 0 Å². The standard InChI is InChI=1S/C20H17N5O3S/c1-28-17-8-13(5-6-16(17)26)19(27)24-14-4-2-3-12(7-14)10-29-20-15-9-23-25-18(15)21-11-22-20/h2-9,11,26H,10H2,1H3,(H,24,27)(H,21,22,23,25). The zero-order valence-corrected chi connectivity index (χ0v) is 16.2. The summed E-state index contributed by atoms with van der Waals surface area (Å²) in [6.07, 6.45) is 3.21. The number of phenolic OH excluding ortho intramolecular Hbond substituents is 1. The van der Waals surface area contributed by atoms with Crippen LogP contribution in [-0.4, -0.2) is 38.3 Å². The van der Waals surface area contributed by atoms with Gasteiger partial charge in [0.15, 0.2) is 17.1 Å². The molecule has 2 heterocycles. The highest BCUT2D eigenvalue weighted by atomic mass is 32.2. The average molecular weight is 407 g/mol. The van der Waals surface area contributed by atoms with Crippen LogP contribution in [-0.2, 0) is 5.75 Å². The summed E-state index contributed by atoms with van der Waals surface area (Å²) in [6.45, 7) is 0. The number of hydrogen-bond donors (Lipinski definition) is 3. The van der Waals surface area contributed by atoms with Gasteiger partial charge in [0, 0.05) is 17.0 Å². The van der Waals surface area contributed by atoms with Gasteiger partial charge in [-0.3, -0.25) is 9.89 Å². The fourth-order valence-corrected chi connectivity index (χ4v) is 3.68. The molecule has 0 aliphatic carbocycles. The van der Waals surface area contributed by atoms with Crippen molar-refractivity contribution in [2.45, 2.75) is 10.8 Å². The van der Waals surface area contributed by atoms with Crippen LogP contribution < -0.4 is 10.1 Å². The first kappa shape index (κ1) is 18.8. The molecule has 4 rings (SSSR count). The third-order valence-corrected chi connectivity index (χ3v) is 5.29. The van der Waals surface area contributed by atoms with Gasteiger partial charge < -0.3 is 15.2 Å². The minimum Gasteiger partial charge on any atom is -0.504 e. The van der Waals surface area contributed by atoms with E-state index in [9.17, 15) is 9.90 Å². The molecule has 0 saturated carbocycles. The highest BCUT2D eigenvalue weighted by Crippen LogP contribution is 2.28. The number of anilines is 1. The number of aromatic nitrogens is 4. The molecule has 0 fully saturated rings. The number of rotatable bonds is 6. The van der Waals surface area contributed by atoms with Crippen molar-refractivity contribution in [2.24, 2.45) is 0 Å². The van der Waals surface area contributed by atoms with Gasteiger partial charge in [-0.05, 0) is 35.9 Å². The molecule has 9 heteroatoms. The van der Waals surface area contributed by atoms with E-state index in [0.29, 0.717) is 22.7 Å². The fourth-order valence-electron chi connectivity index (χ4n) is 2.77. The number of aromatic hydroxyl groups is 1. The molecule has 1 amide bonds. The number of amides is 1. The number of phenols is 1. The van der Waals surface area contributed by atoms with E-state index in [-0.39, 0.29) is 17.4 Å². The molecule has 0 unspecified atom stereocenters. The Hall–Kier alpha value is -3.59. The lowest BCUT2D eigenvalue weighted by Crippen LogP contribution is -2.12. The van der Waals surface area contributed by atoms with Gasteiger partial charge in [-0.2, -0.15) is 5.10 Å². The minimum absolute atomic E-state index is 0.0143. The van der Waals surface area contributed by atoms with Gasteiger partial charge in [0.25, 0.3) is 5.91 Å². The second-order valence-corrected chi connectivity index (χ2v) is 7.10. The summed E-state index contributed by atoms with van der Waals surface area (Å²) >= 11 is 1.57. The number of aromatic amines is 1. The predicted octanol–water partition coefficient (Wildman–Crippen LogP) is 3.61. The second kappa shape index (κ2) is 8.19. The zero-order valence-electron chi connectivity index (χ0n) is 15.4. The van der Waals surface area contributed by atoms with E-state index in [1.165, 1.54) is 31.6 Å². The number of carbonyl (C=O) groups excluding carboxylic acids is 1. The van der Waals surface area contributed by atoms with Crippen molar-refractivity contribution in [1.29, 1.82) is 0 Å². The molecule has 3 N–H and O–H groups in total. The smallest absolute Gasteiger partial charge is 0.255 e. The summed E-state index contributed by atoms with van der Waals surface area (Å²) in [5.74, 6) is 0.621. The van der Waals surface area contributed by atoms with Crippen molar-refractivity contribution in [1.82, 2.24) is 20.2 Å². The van der Waals surface area contributed by atoms with Crippen LogP contribution in [0.15, 0.2) is 60.0 Å². The summed E-state index contributed by atoms with van der Waals surface area (Å²) in [7, 11) is 1.44. The van der Waals surface area contributed by atoms with Crippen LogP contribution in [0.5, 0.6) is 11.5 Å². The number of nitrogens with zero attached hydrogens (tertiary/aromatic N) is 3. The molecule has 0 aliphatic heterocycles. The molecule has 0 spiro atoms. The fraction of sp³-hybridized carbons (Fsp3) is 0.100. The molecule has 146 valence electrons. The molecule has 2 aromatic carbocycles. The SMILES string of the molecule is COc1cc(C(=O)Nc2cccc(CSc3ncnc4[nH]ncc34)c2)ccc1O. The van der Waals surface area contributed by atoms with Crippen LogP contribution in [0.2, 0.25) is 0 Å². The van der Waals surface area contributed by atoms with Gasteiger partial charge in [-0.15, -0.1) is 11.8 Å². The van der Waals surface area contributed by atoms with Gasteiger partial charge in [0.1, 0.15) is 11.4 Å². The average Bonchev–Trinajstić information content (AvgIpc) is 3.22. The first-order valence-corrected chi connectivity index (χ1v) is 9.67. The molecule has 8 nitrogen and oxygen atoms in total. The number of thioether (sulfide) groups is 1. The topological polar surface area (TPSA) is 113 Å². The Morgan fingerprint density at radius 2 is 2.14 bits per heavy atom. The van der Waals surface area contributed by atoms with Crippen molar-refractivity contribution >= 4 is 34.4 Å². The number of ether oxygens (including phenoxy) is 1. The van der Waals surface area contributed by atoms with Crippen LogP contribution in [0, 0.1) is 0 Å². The van der Waals surface area contributed by atoms with Crippen LogP contribution in [0.1, 0.15) is 15.9 Å². The highest BCUT2D eigenvalue weighted by molar-refractivity contribution is 7.98. The maximum atomic E-state index is 12.5.